The van der Waals surface area contributed by atoms with E-state index in [1.807, 2.05) is 66.7 Å². The molecule has 6 heteroatoms. The maximum absolute atomic E-state index is 15.0. The van der Waals surface area contributed by atoms with E-state index >= 15 is 0 Å². The van der Waals surface area contributed by atoms with Gasteiger partial charge in [-0.25, -0.2) is 8.78 Å². The van der Waals surface area contributed by atoms with Crippen molar-refractivity contribution in [2.24, 2.45) is 0 Å². The number of rotatable bonds is 5. The summed E-state index contributed by atoms with van der Waals surface area (Å²) in [5.41, 5.74) is 15.1. The number of hydrogen-bond donors (Lipinski definition) is 0. The second kappa shape index (κ2) is 13.9. The van der Waals surface area contributed by atoms with Crippen LogP contribution in [0.1, 0.15) is 0 Å². The summed E-state index contributed by atoms with van der Waals surface area (Å²) >= 11 is 0. The monoisotopic (exact) mass is 851 g/mol. The summed E-state index contributed by atoms with van der Waals surface area (Å²) in [6.07, 6.45) is 0. The van der Waals surface area contributed by atoms with Gasteiger partial charge in [0.2, 0.25) is 0 Å². The van der Waals surface area contributed by atoms with Crippen molar-refractivity contribution < 1.29 is 13.2 Å². The van der Waals surface area contributed by atoms with E-state index in [0.717, 1.165) is 127 Å². The molecule has 4 nitrogen and oxygen atoms in total. The van der Waals surface area contributed by atoms with Crippen molar-refractivity contribution in [2.45, 2.75) is 0 Å². The Balaban J connectivity index is 0.989. The maximum atomic E-state index is 15.0. The molecule has 0 aliphatic heterocycles. The highest BCUT2D eigenvalue weighted by atomic mass is 19.1. The summed E-state index contributed by atoms with van der Waals surface area (Å²) < 4.78 is 42.9. The van der Waals surface area contributed by atoms with Crippen LogP contribution in [0, 0.1) is 11.6 Å². The molecular formula is C60H35F2N3O. The Hall–Kier alpha value is -8.74. The Labute approximate surface area is 376 Å². The molecule has 66 heavy (non-hydrogen) atoms. The molecule has 14 aromatic rings. The number of para-hydroxylation sites is 3. The summed E-state index contributed by atoms with van der Waals surface area (Å²) in [4.78, 5) is 0. The van der Waals surface area contributed by atoms with E-state index in [-0.39, 0.29) is 11.6 Å². The van der Waals surface area contributed by atoms with Gasteiger partial charge in [0.05, 0.1) is 33.1 Å². The van der Waals surface area contributed by atoms with Gasteiger partial charge in [0, 0.05) is 60.2 Å². The molecule has 0 saturated carbocycles. The number of hydrogen-bond acceptors (Lipinski definition) is 1. The molecule has 4 aromatic heterocycles. The smallest absolute Gasteiger partial charge is 0.135 e. The first-order valence-electron chi connectivity index (χ1n) is 22.1. The van der Waals surface area contributed by atoms with Gasteiger partial charge in [-0.15, -0.1) is 0 Å². The van der Waals surface area contributed by atoms with Crippen LogP contribution < -0.4 is 0 Å². The molecule has 10 aromatic carbocycles. The lowest BCUT2D eigenvalue weighted by molar-refractivity contribution is 0.629. The van der Waals surface area contributed by atoms with E-state index in [4.69, 9.17) is 4.42 Å². The third-order valence-electron chi connectivity index (χ3n) is 13.5. The van der Waals surface area contributed by atoms with Crippen molar-refractivity contribution in [3.05, 3.63) is 224 Å². The minimum absolute atomic E-state index is 0.264. The lowest BCUT2D eigenvalue weighted by Crippen LogP contribution is -1.94. The van der Waals surface area contributed by atoms with Crippen molar-refractivity contribution in [3.63, 3.8) is 0 Å². The molecule has 0 atom stereocenters. The molecule has 310 valence electrons. The molecule has 0 unspecified atom stereocenters. The molecule has 0 aliphatic carbocycles. The van der Waals surface area contributed by atoms with Crippen LogP contribution in [-0.4, -0.2) is 13.7 Å². The van der Waals surface area contributed by atoms with Crippen LogP contribution in [0.3, 0.4) is 0 Å². The van der Waals surface area contributed by atoms with E-state index in [1.54, 1.807) is 12.1 Å². The summed E-state index contributed by atoms with van der Waals surface area (Å²) in [7, 11) is 0. The van der Waals surface area contributed by atoms with Gasteiger partial charge in [-0.3, -0.25) is 0 Å². The highest BCUT2D eigenvalue weighted by molar-refractivity contribution is 6.15. The zero-order valence-corrected chi connectivity index (χ0v) is 35.2. The largest absolute Gasteiger partial charge is 0.456 e. The van der Waals surface area contributed by atoms with Gasteiger partial charge in [-0.05, 0) is 156 Å². The predicted molar refractivity (Wildman–Crippen MR) is 268 cm³/mol. The lowest BCUT2D eigenvalue weighted by atomic mass is 9.98. The zero-order valence-electron chi connectivity index (χ0n) is 35.2. The fourth-order valence-electron chi connectivity index (χ4n) is 10.6. The number of fused-ring (bicyclic) bond motifs is 12. The van der Waals surface area contributed by atoms with Crippen molar-refractivity contribution in [2.75, 3.05) is 0 Å². The standard InChI is InChI=1S/C60H35F2N3O/c61-40-19-26-57-50(33-40)48-31-38(15-22-53(48)63(57)42-9-3-1-4-10-42)36-17-24-55-46(29-36)47-30-37(18-25-56(47)65(55)44-21-28-60-52(35-44)45-13-7-8-14-59(45)66-60)39-16-23-54-49(32-39)51-34-41(62)20-27-58(51)64(54)43-11-5-2-6-12-43/h1-35H. The predicted octanol–water partition coefficient (Wildman–Crippen LogP) is 16.5. The number of halogens is 2. The molecule has 0 bridgehead atoms. The average Bonchev–Trinajstić information content (AvgIpc) is 4.09. The van der Waals surface area contributed by atoms with Gasteiger partial charge < -0.3 is 18.1 Å². The molecule has 0 amide bonds. The highest BCUT2D eigenvalue weighted by Gasteiger charge is 2.20. The molecule has 0 N–H and O–H groups in total. The fraction of sp³-hybridized carbons (Fsp3) is 0. The minimum atomic E-state index is -0.264. The quantitative estimate of drug-likeness (QED) is 0.170. The van der Waals surface area contributed by atoms with E-state index < -0.39 is 0 Å². The summed E-state index contributed by atoms with van der Waals surface area (Å²) in [5, 5.41) is 8.04. The second-order valence-corrected chi connectivity index (χ2v) is 17.2. The number of benzene rings is 10. The van der Waals surface area contributed by atoms with Crippen molar-refractivity contribution in [3.8, 4) is 39.3 Å². The molecule has 4 heterocycles. The van der Waals surface area contributed by atoms with Gasteiger partial charge in [0.15, 0.2) is 0 Å². The van der Waals surface area contributed by atoms with Crippen molar-refractivity contribution >= 4 is 87.4 Å². The van der Waals surface area contributed by atoms with Crippen LogP contribution in [0.5, 0.6) is 0 Å². The maximum Gasteiger partial charge on any atom is 0.135 e. The lowest BCUT2D eigenvalue weighted by Gasteiger charge is -2.10. The Morgan fingerprint density at radius 1 is 0.258 bits per heavy atom. The minimum Gasteiger partial charge on any atom is -0.456 e. The summed E-state index contributed by atoms with van der Waals surface area (Å²) in [5.74, 6) is -0.528. The van der Waals surface area contributed by atoms with E-state index in [9.17, 15) is 8.78 Å². The van der Waals surface area contributed by atoms with E-state index in [1.165, 1.54) is 12.1 Å². The van der Waals surface area contributed by atoms with Gasteiger partial charge in [-0.1, -0.05) is 78.9 Å². The third kappa shape index (κ3) is 5.42. The topological polar surface area (TPSA) is 27.9 Å². The Bertz CT molecular complexity index is 4090. The number of furan rings is 1. The Morgan fingerprint density at radius 3 is 1.08 bits per heavy atom. The summed E-state index contributed by atoms with van der Waals surface area (Å²) in [6.45, 7) is 0. The SMILES string of the molecule is Fc1ccc2c(c1)c1cc(-c3ccc4c(c3)c3cc(-c5ccc6c(c5)c5cc(F)ccc5n6-c5ccccc5)ccc3n4-c3ccc4oc5ccccc5c4c3)ccc1n2-c1ccccc1. The third-order valence-corrected chi connectivity index (χ3v) is 13.5. The molecule has 0 saturated heterocycles. The molecule has 0 fully saturated rings. The number of aromatic nitrogens is 3. The van der Waals surface area contributed by atoms with Crippen molar-refractivity contribution in [1.82, 2.24) is 13.7 Å². The van der Waals surface area contributed by atoms with Crippen LogP contribution in [0.4, 0.5) is 8.78 Å². The molecular weight excluding hydrogens is 817 g/mol. The first-order valence-corrected chi connectivity index (χ1v) is 22.1. The van der Waals surface area contributed by atoms with Crippen LogP contribution in [-0.2, 0) is 0 Å². The molecule has 0 radical (unpaired) electrons. The summed E-state index contributed by atoms with van der Waals surface area (Å²) in [6, 6.07) is 71.7. The van der Waals surface area contributed by atoms with Gasteiger partial charge in [-0.2, -0.15) is 0 Å². The first-order chi connectivity index (χ1) is 32.5. The molecule has 14 rings (SSSR count). The Kier molecular flexibility index (Phi) is 7.72. The van der Waals surface area contributed by atoms with Crippen LogP contribution >= 0.6 is 0 Å². The first kappa shape index (κ1) is 36.7. The molecule has 0 spiro atoms. The fourth-order valence-corrected chi connectivity index (χ4v) is 10.6. The number of nitrogens with zero attached hydrogens (tertiary/aromatic N) is 3. The highest BCUT2D eigenvalue weighted by Crippen LogP contribution is 2.42. The van der Waals surface area contributed by atoms with Gasteiger partial charge in [0.1, 0.15) is 22.8 Å². The van der Waals surface area contributed by atoms with E-state index in [2.05, 4.69) is 135 Å². The van der Waals surface area contributed by atoms with Crippen LogP contribution in [0.15, 0.2) is 217 Å². The zero-order chi connectivity index (χ0) is 43.6. The van der Waals surface area contributed by atoms with Crippen LogP contribution in [0.2, 0.25) is 0 Å². The normalized spacial score (nSPS) is 12.1. The Morgan fingerprint density at radius 2 is 0.621 bits per heavy atom. The molecule has 0 aliphatic rings. The van der Waals surface area contributed by atoms with Crippen LogP contribution in [0.25, 0.3) is 127 Å². The van der Waals surface area contributed by atoms with Gasteiger partial charge in [0.25, 0.3) is 0 Å². The average molecular weight is 852 g/mol. The van der Waals surface area contributed by atoms with E-state index in [0.29, 0.717) is 0 Å². The van der Waals surface area contributed by atoms with Gasteiger partial charge >= 0.3 is 0 Å². The van der Waals surface area contributed by atoms with Crippen molar-refractivity contribution in [1.29, 1.82) is 0 Å². The second-order valence-electron chi connectivity index (χ2n) is 17.2.